The van der Waals surface area contributed by atoms with Gasteiger partial charge in [0.15, 0.2) is 5.76 Å². The van der Waals surface area contributed by atoms with Gasteiger partial charge in [-0.1, -0.05) is 0 Å². The highest BCUT2D eigenvalue weighted by Crippen LogP contribution is 2.23. The fourth-order valence-corrected chi connectivity index (χ4v) is 2.40. The second-order valence-corrected chi connectivity index (χ2v) is 5.16. The number of carbonyl (C=O) groups is 1. The van der Waals surface area contributed by atoms with E-state index in [1.807, 2.05) is 4.90 Å². The van der Waals surface area contributed by atoms with Gasteiger partial charge in [-0.05, 0) is 37.3 Å². The Morgan fingerprint density at radius 1 is 1.23 bits per heavy atom. The van der Waals surface area contributed by atoms with Gasteiger partial charge in [-0.2, -0.15) is 0 Å². The lowest BCUT2D eigenvalue weighted by atomic mass is 10.2. The highest BCUT2D eigenvalue weighted by atomic mass is 19.1. The van der Waals surface area contributed by atoms with Crippen LogP contribution in [0.1, 0.15) is 16.3 Å². The molecule has 1 saturated heterocycles. The number of hydrogen-bond donors (Lipinski definition) is 1. The molecule has 0 spiro atoms. The quantitative estimate of drug-likeness (QED) is 0.947. The molecule has 5 nitrogen and oxygen atoms in total. The summed E-state index contributed by atoms with van der Waals surface area (Å²) in [5.74, 6) is 0.0645. The largest absolute Gasteiger partial charge is 0.456 e. The average Bonchev–Trinajstić information content (AvgIpc) is 2.94. The van der Waals surface area contributed by atoms with Gasteiger partial charge >= 0.3 is 0 Å². The Morgan fingerprint density at radius 3 is 2.68 bits per heavy atom. The third kappa shape index (κ3) is 3.28. The van der Waals surface area contributed by atoms with E-state index in [1.165, 1.54) is 12.1 Å². The van der Waals surface area contributed by atoms with Gasteiger partial charge in [-0.3, -0.25) is 4.79 Å². The van der Waals surface area contributed by atoms with Crippen molar-refractivity contribution < 1.29 is 18.3 Å². The van der Waals surface area contributed by atoms with Crippen molar-refractivity contribution in [1.29, 1.82) is 0 Å². The number of carbonyl (C=O) groups excluding carboxylic acids is 1. The van der Waals surface area contributed by atoms with Crippen molar-refractivity contribution in [2.24, 2.45) is 0 Å². The minimum absolute atomic E-state index is 0.203. The number of nitrogens with one attached hydrogen (secondary N) is 1. The Bertz CT molecular complexity index is 678. The number of morpholine rings is 1. The molecule has 1 aromatic carbocycles. The Morgan fingerprint density at radius 2 is 2.00 bits per heavy atom. The molecule has 1 amide bonds. The van der Waals surface area contributed by atoms with Crippen LogP contribution in [-0.2, 0) is 4.74 Å². The lowest BCUT2D eigenvalue weighted by molar-refractivity contribution is 0.0995. The first-order valence-corrected chi connectivity index (χ1v) is 7.13. The second-order valence-electron chi connectivity index (χ2n) is 5.16. The molecule has 6 heteroatoms. The standard InChI is InChI=1S/C16H17FN2O3/c1-11-2-3-15(22-11)16(20)18-13-8-12(17)9-14(10-13)19-4-6-21-7-5-19/h2-3,8-10H,4-7H2,1H3,(H,18,20). The number of furan rings is 1. The molecule has 1 fully saturated rings. The molecular weight excluding hydrogens is 287 g/mol. The van der Waals surface area contributed by atoms with Crippen LogP contribution in [0.25, 0.3) is 0 Å². The van der Waals surface area contributed by atoms with Crippen molar-refractivity contribution in [3.63, 3.8) is 0 Å². The molecule has 2 heterocycles. The molecule has 1 aromatic heterocycles. The molecule has 1 aliphatic rings. The monoisotopic (exact) mass is 304 g/mol. The van der Waals surface area contributed by atoms with Crippen molar-refractivity contribution >= 4 is 17.3 Å². The highest BCUT2D eigenvalue weighted by molar-refractivity contribution is 6.02. The Kier molecular flexibility index (Phi) is 4.11. The van der Waals surface area contributed by atoms with E-state index in [0.29, 0.717) is 37.8 Å². The number of rotatable bonds is 3. The summed E-state index contributed by atoms with van der Waals surface area (Å²) >= 11 is 0. The number of anilines is 2. The lowest BCUT2D eigenvalue weighted by Crippen LogP contribution is -2.36. The third-order valence-electron chi connectivity index (χ3n) is 3.48. The fourth-order valence-electron chi connectivity index (χ4n) is 2.40. The molecule has 0 bridgehead atoms. The summed E-state index contributed by atoms with van der Waals surface area (Å²) in [7, 11) is 0. The first-order valence-electron chi connectivity index (χ1n) is 7.13. The van der Waals surface area contributed by atoms with Crippen LogP contribution in [0.15, 0.2) is 34.7 Å². The van der Waals surface area contributed by atoms with Crippen LogP contribution < -0.4 is 10.2 Å². The maximum Gasteiger partial charge on any atom is 0.291 e. The molecule has 1 aliphatic heterocycles. The van der Waals surface area contributed by atoms with Gasteiger partial charge in [0.05, 0.1) is 13.2 Å². The molecule has 1 N–H and O–H groups in total. The summed E-state index contributed by atoms with van der Waals surface area (Å²) in [6, 6.07) is 7.80. The van der Waals surface area contributed by atoms with Gasteiger partial charge in [0.1, 0.15) is 11.6 Å². The topological polar surface area (TPSA) is 54.7 Å². The smallest absolute Gasteiger partial charge is 0.291 e. The van der Waals surface area contributed by atoms with E-state index in [1.54, 1.807) is 25.1 Å². The molecule has 0 unspecified atom stereocenters. The van der Waals surface area contributed by atoms with Gasteiger partial charge in [0, 0.05) is 24.5 Å². The number of nitrogens with zero attached hydrogens (tertiary/aromatic N) is 1. The lowest BCUT2D eigenvalue weighted by Gasteiger charge is -2.29. The molecule has 2 aromatic rings. The van der Waals surface area contributed by atoms with Gasteiger partial charge in [-0.15, -0.1) is 0 Å². The number of aryl methyl sites for hydroxylation is 1. The predicted octanol–water partition coefficient (Wildman–Crippen LogP) is 2.82. The molecule has 22 heavy (non-hydrogen) atoms. The van der Waals surface area contributed by atoms with E-state index in [9.17, 15) is 9.18 Å². The summed E-state index contributed by atoms with van der Waals surface area (Å²) in [4.78, 5) is 14.1. The van der Waals surface area contributed by atoms with Crippen LogP contribution in [0, 0.1) is 12.7 Å². The number of ether oxygens (including phenoxy) is 1. The van der Waals surface area contributed by atoms with Crippen LogP contribution in [-0.4, -0.2) is 32.2 Å². The zero-order chi connectivity index (χ0) is 15.5. The van der Waals surface area contributed by atoms with Crippen molar-refractivity contribution in [3.05, 3.63) is 47.7 Å². The number of amides is 1. The first-order chi connectivity index (χ1) is 10.6. The fraction of sp³-hybridized carbons (Fsp3) is 0.312. The van der Waals surface area contributed by atoms with Gasteiger partial charge in [-0.25, -0.2) is 4.39 Å². The van der Waals surface area contributed by atoms with E-state index in [4.69, 9.17) is 9.15 Å². The summed E-state index contributed by atoms with van der Waals surface area (Å²) in [6.45, 7) is 4.39. The van der Waals surface area contributed by atoms with E-state index in [-0.39, 0.29) is 5.76 Å². The number of hydrogen-bond acceptors (Lipinski definition) is 4. The molecule has 3 rings (SSSR count). The number of halogens is 1. The van der Waals surface area contributed by atoms with Crippen LogP contribution in [0.5, 0.6) is 0 Å². The van der Waals surface area contributed by atoms with Gasteiger partial charge < -0.3 is 19.4 Å². The summed E-state index contributed by atoms with van der Waals surface area (Å²) in [6.07, 6.45) is 0. The minimum atomic E-state index is -0.397. The van der Waals surface area contributed by atoms with E-state index >= 15 is 0 Å². The molecular formula is C16H17FN2O3. The molecule has 116 valence electrons. The Hall–Kier alpha value is -2.34. The van der Waals surface area contributed by atoms with Gasteiger partial charge in [0.25, 0.3) is 5.91 Å². The normalized spacial score (nSPS) is 14.9. The van der Waals surface area contributed by atoms with Crippen molar-refractivity contribution in [3.8, 4) is 0 Å². The summed E-state index contributed by atoms with van der Waals surface area (Å²) in [5.41, 5.74) is 1.13. The first kappa shape index (κ1) is 14.6. The van der Waals surface area contributed by atoms with Crippen LogP contribution in [0.3, 0.4) is 0 Å². The third-order valence-corrected chi connectivity index (χ3v) is 3.48. The zero-order valence-electron chi connectivity index (χ0n) is 12.3. The van der Waals surface area contributed by atoms with E-state index < -0.39 is 11.7 Å². The average molecular weight is 304 g/mol. The van der Waals surface area contributed by atoms with Gasteiger partial charge in [0.2, 0.25) is 0 Å². The van der Waals surface area contributed by atoms with Crippen molar-refractivity contribution in [1.82, 2.24) is 0 Å². The Labute approximate surface area is 127 Å². The minimum Gasteiger partial charge on any atom is -0.456 e. The maximum atomic E-state index is 13.8. The molecule has 0 aliphatic carbocycles. The van der Waals surface area contributed by atoms with Crippen molar-refractivity contribution in [2.75, 3.05) is 36.5 Å². The Balaban J connectivity index is 1.78. The summed E-state index contributed by atoms with van der Waals surface area (Å²) in [5, 5.41) is 2.66. The van der Waals surface area contributed by atoms with Crippen LogP contribution >= 0.6 is 0 Å². The van der Waals surface area contributed by atoms with Crippen molar-refractivity contribution in [2.45, 2.75) is 6.92 Å². The van der Waals surface area contributed by atoms with E-state index in [0.717, 1.165) is 5.69 Å². The molecule has 0 atom stereocenters. The zero-order valence-corrected chi connectivity index (χ0v) is 12.3. The summed E-state index contributed by atoms with van der Waals surface area (Å²) < 4.78 is 24.4. The SMILES string of the molecule is Cc1ccc(C(=O)Nc2cc(F)cc(N3CCOCC3)c2)o1. The second kappa shape index (κ2) is 6.19. The highest BCUT2D eigenvalue weighted by Gasteiger charge is 2.15. The van der Waals surface area contributed by atoms with Crippen LogP contribution in [0.4, 0.5) is 15.8 Å². The number of benzene rings is 1. The van der Waals surface area contributed by atoms with Crippen LogP contribution in [0.2, 0.25) is 0 Å². The maximum absolute atomic E-state index is 13.8. The molecule has 0 radical (unpaired) electrons. The predicted molar refractivity (Wildman–Crippen MR) is 80.8 cm³/mol. The molecule has 0 saturated carbocycles. The van der Waals surface area contributed by atoms with E-state index in [2.05, 4.69) is 5.32 Å².